The molecule has 2 nitrogen and oxygen atoms in total. The van der Waals surface area contributed by atoms with Gasteiger partial charge in [-0.1, -0.05) is 12.2 Å². The Morgan fingerprint density at radius 2 is 1.75 bits per heavy atom. The van der Waals surface area contributed by atoms with Crippen molar-refractivity contribution in [1.29, 1.82) is 0 Å². The summed E-state index contributed by atoms with van der Waals surface area (Å²) in [5.74, 6) is -1.79. The standard InChI is InChI=1S/C7H7F3O2/c8-7(9,10)6(5(11)12)3-1-2-4-6/h1-2H,3-4H2,(H,11,12). The number of rotatable bonds is 1. The van der Waals surface area contributed by atoms with E-state index in [4.69, 9.17) is 5.11 Å². The Bertz CT molecular complexity index is 221. The lowest BCUT2D eigenvalue weighted by Gasteiger charge is -2.26. The molecule has 5 heteroatoms. The Hall–Kier alpha value is -1.00. The number of allylic oxidation sites excluding steroid dienone is 2. The molecule has 0 fully saturated rings. The van der Waals surface area contributed by atoms with Crippen LogP contribution in [0.3, 0.4) is 0 Å². The van der Waals surface area contributed by atoms with Crippen LogP contribution in [0, 0.1) is 5.41 Å². The van der Waals surface area contributed by atoms with Crippen molar-refractivity contribution in [2.24, 2.45) is 5.41 Å². The minimum Gasteiger partial charge on any atom is -0.481 e. The molecule has 0 aromatic rings. The van der Waals surface area contributed by atoms with E-state index in [0.717, 1.165) is 0 Å². The van der Waals surface area contributed by atoms with E-state index in [2.05, 4.69) is 0 Å². The van der Waals surface area contributed by atoms with Gasteiger partial charge in [-0.25, -0.2) is 0 Å². The molecule has 0 aromatic heterocycles. The van der Waals surface area contributed by atoms with Gasteiger partial charge < -0.3 is 5.11 Å². The van der Waals surface area contributed by atoms with E-state index in [0.29, 0.717) is 0 Å². The number of carbonyl (C=O) groups is 1. The lowest BCUT2D eigenvalue weighted by Crippen LogP contribution is -2.42. The van der Waals surface area contributed by atoms with E-state index in [9.17, 15) is 18.0 Å². The summed E-state index contributed by atoms with van der Waals surface area (Å²) < 4.78 is 36.7. The largest absolute Gasteiger partial charge is 0.481 e. The van der Waals surface area contributed by atoms with Gasteiger partial charge in [0.25, 0.3) is 0 Å². The summed E-state index contributed by atoms with van der Waals surface area (Å²) >= 11 is 0. The molecule has 0 radical (unpaired) electrons. The van der Waals surface area contributed by atoms with Crippen LogP contribution in [-0.2, 0) is 4.79 Å². The number of aliphatic carboxylic acids is 1. The Balaban J connectivity index is 2.97. The first-order chi connectivity index (χ1) is 5.40. The van der Waals surface area contributed by atoms with E-state index < -0.39 is 30.4 Å². The highest BCUT2D eigenvalue weighted by atomic mass is 19.4. The lowest BCUT2D eigenvalue weighted by molar-refractivity contribution is -0.228. The van der Waals surface area contributed by atoms with E-state index in [1.165, 1.54) is 12.2 Å². The SMILES string of the molecule is O=C(O)C1(C(F)(F)F)CC=CC1. The van der Waals surface area contributed by atoms with E-state index in [1.807, 2.05) is 0 Å². The Labute approximate surface area is 66.7 Å². The molecule has 0 bridgehead atoms. The summed E-state index contributed by atoms with van der Waals surface area (Å²) in [5.41, 5.74) is -2.56. The maximum Gasteiger partial charge on any atom is 0.405 e. The van der Waals surface area contributed by atoms with Gasteiger partial charge in [0.1, 0.15) is 0 Å². The average molecular weight is 180 g/mol. The topological polar surface area (TPSA) is 37.3 Å². The number of halogens is 3. The van der Waals surface area contributed by atoms with Crippen LogP contribution in [0.5, 0.6) is 0 Å². The molecule has 0 unspecified atom stereocenters. The van der Waals surface area contributed by atoms with Crippen LogP contribution in [0.15, 0.2) is 12.2 Å². The molecule has 12 heavy (non-hydrogen) atoms. The molecule has 1 aliphatic rings. The highest BCUT2D eigenvalue weighted by Gasteiger charge is 2.60. The zero-order chi connectivity index (χ0) is 9.41. The van der Waals surface area contributed by atoms with Crippen molar-refractivity contribution in [2.75, 3.05) is 0 Å². The van der Waals surface area contributed by atoms with Gasteiger partial charge in [-0.15, -0.1) is 0 Å². The van der Waals surface area contributed by atoms with Crippen molar-refractivity contribution in [3.63, 3.8) is 0 Å². The van der Waals surface area contributed by atoms with E-state index in [-0.39, 0.29) is 0 Å². The molecule has 68 valence electrons. The first-order valence-corrected chi connectivity index (χ1v) is 3.35. The molecule has 1 rings (SSSR count). The van der Waals surface area contributed by atoms with Gasteiger partial charge in [0.2, 0.25) is 0 Å². The highest BCUT2D eigenvalue weighted by Crippen LogP contribution is 2.47. The fourth-order valence-corrected chi connectivity index (χ4v) is 1.18. The molecule has 0 saturated heterocycles. The Morgan fingerprint density at radius 1 is 1.33 bits per heavy atom. The fraction of sp³-hybridized carbons (Fsp3) is 0.571. The first-order valence-electron chi connectivity index (χ1n) is 3.35. The van der Waals surface area contributed by atoms with Crippen LogP contribution >= 0.6 is 0 Å². The molecule has 0 heterocycles. The Kier molecular flexibility index (Phi) is 1.89. The van der Waals surface area contributed by atoms with Gasteiger partial charge in [0.15, 0.2) is 5.41 Å². The van der Waals surface area contributed by atoms with Crippen LogP contribution in [0.2, 0.25) is 0 Å². The van der Waals surface area contributed by atoms with Crippen LogP contribution in [0.4, 0.5) is 13.2 Å². The number of carboxylic acid groups (broad SMARTS) is 1. The average Bonchev–Trinajstić information content (AvgIpc) is 2.31. The van der Waals surface area contributed by atoms with Crippen molar-refractivity contribution in [3.05, 3.63) is 12.2 Å². The summed E-state index contributed by atoms with van der Waals surface area (Å²) in [4.78, 5) is 10.4. The Morgan fingerprint density at radius 3 is 1.92 bits per heavy atom. The third-order valence-corrected chi connectivity index (χ3v) is 2.05. The number of carboxylic acids is 1. The normalized spacial score (nSPS) is 21.2. The molecule has 0 spiro atoms. The van der Waals surface area contributed by atoms with Gasteiger partial charge in [-0.05, 0) is 12.8 Å². The monoisotopic (exact) mass is 180 g/mol. The summed E-state index contributed by atoms with van der Waals surface area (Å²) in [6, 6.07) is 0. The predicted molar refractivity (Wildman–Crippen MR) is 34.5 cm³/mol. The van der Waals surface area contributed by atoms with Crippen molar-refractivity contribution in [2.45, 2.75) is 19.0 Å². The van der Waals surface area contributed by atoms with Gasteiger partial charge in [0.05, 0.1) is 0 Å². The quantitative estimate of drug-likeness (QED) is 0.626. The van der Waals surface area contributed by atoms with Crippen LogP contribution < -0.4 is 0 Å². The molecule has 1 aliphatic carbocycles. The van der Waals surface area contributed by atoms with Crippen LogP contribution in [-0.4, -0.2) is 17.3 Å². The van der Waals surface area contributed by atoms with E-state index >= 15 is 0 Å². The molecule has 0 aromatic carbocycles. The van der Waals surface area contributed by atoms with Crippen LogP contribution in [0.1, 0.15) is 12.8 Å². The van der Waals surface area contributed by atoms with Gasteiger partial charge in [-0.2, -0.15) is 13.2 Å². The summed E-state index contributed by atoms with van der Waals surface area (Å²) in [6.07, 6.45) is -3.07. The second-order valence-corrected chi connectivity index (χ2v) is 2.76. The van der Waals surface area contributed by atoms with Gasteiger partial charge >= 0.3 is 12.1 Å². The number of alkyl halides is 3. The zero-order valence-corrected chi connectivity index (χ0v) is 6.06. The van der Waals surface area contributed by atoms with Crippen LogP contribution in [0.25, 0.3) is 0 Å². The predicted octanol–water partition coefficient (Wildman–Crippen LogP) is 1.97. The van der Waals surface area contributed by atoms with Gasteiger partial charge in [-0.3, -0.25) is 4.79 Å². The molecular weight excluding hydrogens is 173 g/mol. The third kappa shape index (κ3) is 1.09. The molecule has 1 N–H and O–H groups in total. The highest BCUT2D eigenvalue weighted by molar-refractivity contribution is 5.77. The molecule has 0 amide bonds. The maximum absolute atomic E-state index is 12.2. The molecular formula is C7H7F3O2. The van der Waals surface area contributed by atoms with Gasteiger partial charge in [0, 0.05) is 0 Å². The summed E-state index contributed by atoms with van der Waals surface area (Å²) in [5, 5.41) is 8.44. The third-order valence-electron chi connectivity index (χ3n) is 2.05. The minimum atomic E-state index is -4.66. The molecule has 0 saturated carbocycles. The minimum absolute atomic E-state index is 0.453. The van der Waals surface area contributed by atoms with Crippen molar-refractivity contribution in [1.82, 2.24) is 0 Å². The zero-order valence-electron chi connectivity index (χ0n) is 6.06. The van der Waals surface area contributed by atoms with Crippen molar-refractivity contribution in [3.8, 4) is 0 Å². The maximum atomic E-state index is 12.2. The molecule has 0 atom stereocenters. The second kappa shape index (κ2) is 2.50. The molecule has 0 aliphatic heterocycles. The summed E-state index contributed by atoms with van der Waals surface area (Å²) in [6.45, 7) is 0. The second-order valence-electron chi connectivity index (χ2n) is 2.76. The fourth-order valence-electron chi connectivity index (χ4n) is 1.18. The lowest BCUT2D eigenvalue weighted by atomic mass is 9.85. The number of hydrogen-bond donors (Lipinski definition) is 1. The first kappa shape index (κ1) is 9.09. The smallest absolute Gasteiger partial charge is 0.405 e. The van der Waals surface area contributed by atoms with Crippen molar-refractivity contribution < 1.29 is 23.1 Å². The van der Waals surface area contributed by atoms with Crippen molar-refractivity contribution >= 4 is 5.97 Å². The number of hydrogen-bond acceptors (Lipinski definition) is 1. The summed E-state index contributed by atoms with van der Waals surface area (Å²) in [7, 11) is 0. The van der Waals surface area contributed by atoms with E-state index in [1.54, 1.807) is 0 Å².